The Bertz CT molecular complexity index is 777. The molecule has 1 aromatic carbocycles. The molecule has 1 aromatic rings. The highest BCUT2D eigenvalue weighted by molar-refractivity contribution is 6.00. The third-order valence-electron chi connectivity index (χ3n) is 6.29. The number of amides is 1. The number of rotatable bonds is 10. The van der Waals surface area contributed by atoms with Crippen LogP contribution in [0.1, 0.15) is 81.5 Å². The van der Waals surface area contributed by atoms with Crippen LogP contribution in [0.5, 0.6) is 0 Å². The average molecular weight is 450 g/mol. The number of carbonyl (C=O) groups is 2. The van der Waals surface area contributed by atoms with Gasteiger partial charge in [-0.15, -0.1) is 0 Å². The van der Waals surface area contributed by atoms with Gasteiger partial charge in [0, 0.05) is 30.7 Å². The standard InChI is InChI=1S/C24H36FN3O4/c1-2-32-24(31)22(29)12-13-26-23(30)18-14-19(25)21(28-17-8-4-3-5-9-17)15-20(18)27-16-10-6-7-11-16/h14-17,22,27-29H,2-13H2,1H3,(H,26,30). The van der Waals surface area contributed by atoms with Crippen LogP contribution in [0, 0.1) is 5.82 Å². The van der Waals surface area contributed by atoms with Crippen LogP contribution in [-0.4, -0.2) is 48.3 Å². The summed E-state index contributed by atoms with van der Waals surface area (Å²) in [4.78, 5) is 24.4. The largest absolute Gasteiger partial charge is 0.464 e. The predicted molar refractivity (Wildman–Crippen MR) is 122 cm³/mol. The maximum atomic E-state index is 14.9. The normalized spacial score (nSPS) is 18.2. The smallest absolute Gasteiger partial charge is 0.335 e. The predicted octanol–water partition coefficient (Wildman–Crippen LogP) is 3.97. The topological polar surface area (TPSA) is 99.7 Å². The van der Waals surface area contributed by atoms with Crippen molar-refractivity contribution in [2.24, 2.45) is 0 Å². The van der Waals surface area contributed by atoms with Crippen LogP contribution in [0.3, 0.4) is 0 Å². The van der Waals surface area contributed by atoms with Crippen molar-refractivity contribution in [3.63, 3.8) is 0 Å². The van der Waals surface area contributed by atoms with E-state index >= 15 is 0 Å². The van der Waals surface area contributed by atoms with Gasteiger partial charge in [0.1, 0.15) is 5.82 Å². The van der Waals surface area contributed by atoms with Crippen molar-refractivity contribution in [3.05, 3.63) is 23.5 Å². The van der Waals surface area contributed by atoms with Crippen LogP contribution < -0.4 is 16.0 Å². The fourth-order valence-corrected chi connectivity index (χ4v) is 4.52. The first-order valence-electron chi connectivity index (χ1n) is 12.0. The molecule has 2 saturated carbocycles. The summed E-state index contributed by atoms with van der Waals surface area (Å²) in [6, 6.07) is 3.51. The minimum absolute atomic E-state index is 0.0275. The van der Waals surface area contributed by atoms with Gasteiger partial charge in [-0.3, -0.25) is 4.79 Å². The van der Waals surface area contributed by atoms with Crippen molar-refractivity contribution in [1.82, 2.24) is 5.32 Å². The first-order valence-corrected chi connectivity index (χ1v) is 12.0. The molecule has 4 N–H and O–H groups in total. The molecule has 1 unspecified atom stereocenters. The van der Waals surface area contributed by atoms with Gasteiger partial charge in [0.2, 0.25) is 0 Å². The third kappa shape index (κ3) is 6.82. The van der Waals surface area contributed by atoms with E-state index in [1.165, 1.54) is 12.5 Å². The van der Waals surface area contributed by atoms with Gasteiger partial charge in [0.05, 0.1) is 17.9 Å². The fraction of sp³-hybridized carbons (Fsp3) is 0.667. The monoisotopic (exact) mass is 449 g/mol. The molecule has 178 valence electrons. The van der Waals surface area contributed by atoms with Gasteiger partial charge >= 0.3 is 5.97 Å². The summed E-state index contributed by atoms with van der Waals surface area (Å²) in [5, 5.41) is 19.3. The highest BCUT2D eigenvalue weighted by Gasteiger charge is 2.23. The number of carbonyl (C=O) groups excluding carboxylic acids is 2. The van der Waals surface area contributed by atoms with Gasteiger partial charge in [-0.2, -0.15) is 0 Å². The summed E-state index contributed by atoms with van der Waals surface area (Å²) in [6.07, 6.45) is 8.61. The molecule has 0 saturated heterocycles. The number of ether oxygens (including phenoxy) is 1. The summed E-state index contributed by atoms with van der Waals surface area (Å²) in [5.41, 5.74) is 1.26. The number of halogens is 1. The molecule has 1 atom stereocenters. The summed E-state index contributed by atoms with van der Waals surface area (Å²) in [6.45, 7) is 1.91. The Kier molecular flexibility index (Phi) is 9.14. The minimum atomic E-state index is -1.30. The molecule has 1 amide bonds. The minimum Gasteiger partial charge on any atom is -0.464 e. The molecular formula is C24H36FN3O4. The van der Waals surface area contributed by atoms with Crippen LogP contribution in [-0.2, 0) is 9.53 Å². The Labute approximate surface area is 189 Å². The Morgan fingerprint density at radius 1 is 1.03 bits per heavy atom. The molecule has 2 fully saturated rings. The van der Waals surface area contributed by atoms with E-state index in [2.05, 4.69) is 16.0 Å². The van der Waals surface area contributed by atoms with Gasteiger partial charge in [-0.25, -0.2) is 9.18 Å². The van der Waals surface area contributed by atoms with Crippen LogP contribution >= 0.6 is 0 Å². The van der Waals surface area contributed by atoms with E-state index in [0.29, 0.717) is 11.4 Å². The lowest BCUT2D eigenvalue weighted by molar-refractivity contribution is -0.153. The van der Waals surface area contributed by atoms with E-state index < -0.39 is 23.8 Å². The molecule has 8 heteroatoms. The Morgan fingerprint density at radius 2 is 1.62 bits per heavy atom. The molecule has 0 heterocycles. The number of esters is 1. The van der Waals surface area contributed by atoms with Gasteiger partial charge in [-0.05, 0) is 44.7 Å². The molecule has 0 aromatic heterocycles. The summed E-state index contributed by atoms with van der Waals surface area (Å²) >= 11 is 0. The molecule has 7 nitrogen and oxygen atoms in total. The van der Waals surface area contributed by atoms with Crippen LogP contribution in [0.15, 0.2) is 12.1 Å². The number of nitrogens with one attached hydrogen (secondary N) is 3. The second kappa shape index (κ2) is 12.0. The maximum Gasteiger partial charge on any atom is 0.335 e. The molecule has 0 radical (unpaired) electrons. The molecule has 0 spiro atoms. The summed E-state index contributed by atoms with van der Waals surface area (Å²) < 4.78 is 19.7. The van der Waals surface area contributed by atoms with E-state index in [1.54, 1.807) is 13.0 Å². The van der Waals surface area contributed by atoms with Crippen LogP contribution in [0.25, 0.3) is 0 Å². The zero-order chi connectivity index (χ0) is 22.9. The van der Waals surface area contributed by atoms with Crippen molar-refractivity contribution in [3.8, 4) is 0 Å². The van der Waals surface area contributed by atoms with Crippen molar-refractivity contribution in [2.75, 3.05) is 23.8 Å². The zero-order valence-corrected chi connectivity index (χ0v) is 18.9. The maximum absolute atomic E-state index is 14.9. The highest BCUT2D eigenvalue weighted by Crippen LogP contribution is 2.31. The lowest BCUT2D eigenvalue weighted by atomic mass is 9.95. The van der Waals surface area contributed by atoms with Crippen molar-refractivity contribution >= 4 is 23.3 Å². The van der Waals surface area contributed by atoms with Crippen molar-refractivity contribution in [2.45, 2.75) is 89.3 Å². The van der Waals surface area contributed by atoms with Gasteiger partial charge in [0.25, 0.3) is 5.91 Å². The number of benzene rings is 1. The van der Waals surface area contributed by atoms with E-state index in [9.17, 15) is 19.1 Å². The second-order valence-corrected chi connectivity index (χ2v) is 8.80. The fourth-order valence-electron chi connectivity index (χ4n) is 4.52. The number of hydrogen-bond donors (Lipinski definition) is 4. The van der Waals surface area contributed by atoms with Gasteiger partial charge in [-0.1, -0.05) is 32.1 Å². The number of aliphatic hydroxyl groups excluding tert-OH is 1. The van der Waals surface area contributed by atoms with Crippen LogP contribution in [0.2, 0.25) is 0 Å². The molecule has 0 aliphatic heterocycles. The molecular weight excluding hydrogens is 413 g/mol. The molecule has 3 rings (SSSR count). The first-order chi connectivity index (χ1) is 15.5. The van der Waals surface area contributed by atoms with E-state index in [4.69, 9.17) is 4.74 Å². The molecule has 2 aliphatic rings. The number of anilines is 2. The lowest BCUT2D eigenvalue weighted by Gasteiger charge is -2.25. The van der Waals surface area contributed by atoms with Gasteiger partial charge < -0.3 is 25.8 Å². The van der Waals surface area contributed by atoms with Crippen molar-refractivity contribution < 1.29 is 23.8 Å². The SMILES string of the molecule is CCOC(=O)C(O)CCNC(=O)c1cc(F)c(NC2CCCCC2)cc1NC1CCCC1. The Balaban J connectivity index is 1.69. The van der Waals surface area contributed by atoms with Crippen molar-refractivity contribution in [1.29, 1.82) is 0 Å². The molecule has 0 bridgehead atoms. The zero-order valence-electron chi connectivity index (χ0n) is 18.9. The van der Waals surface area contributed by atoms with Crippen LogP contribution in [0.4, 0.5) is 15.8 Å². The molecule has 2 aliphatic carbocycles. The highest BCUT2D eigenvalue weighted by atomic mass is 19.1. The number of aliphatic hydroxyl groups is 1. The molecule has 32 heavy (non-hydrogen) atoms. The van der Waals surface area contributed by atoms with Gasteiger partial charge in [0.15, 0.2) is 6.10 Å². The van der Waals surface area contributed by atoms with E-state index in [0.717, 1.165) is 51.4 Å². The quantitative estimate of drug-likeness (QED) is 0.404. The third-order valence-corrected chi connectivity index (χ3v) is 6.29. The first kappa shape index (κ1) is 24.3. The Morgan fingerprint density at radius 3 is 2.25 bits per heavy atom. The Hall–Kier alpha value is -2.35. The summed E-state index contributed by atoms with van der Waals surface area (Å²) in [5.74, 6) is -1.61. The average Bonchev–Trinajstić information content (AvgIpc) is 3.29. The van der Waals surface area contributed by atoms with E-state index in [1.807, 2.05) is 0 Å². The summed E-state index contributed by atoms with van der Waals surface area (Å²) in [7, 11) is 0. The second-order valence-electron chi connectivity index (χ2n) is 8.80. The lowest BCUT2D eigenvalue weighted by Crippen LogP contribution is -2.32. The number of hydrogen-bond acceptors (Lipinski definition) is 6. The van der Waals surface area contributed by atoms with E-state index in [-0.39, 0.29) is 37.2 Å².